The summed E-state index contributed by atoms with van der Waals surface area (Å²) < 4.78 is 41.2. The van der Waals surface area contributed by atoms with Crippen LogP contribution in [0.3, 0.4) is 0 Å². The van der Waals surface area contributed by atoms with E-state index in [1.807, 2.05) is 22.9 Å². The average Bonchev–Trinajstić information content (AvgIpc) is 3.47. The first-order valence-electron chi connectivity index (χ1n) is 12.2. The number of rotatable bonds is 5. The first-order chi connectivity index (χ1) is 16.6. The van der Waals surface area contributed by atoms with E-state index in [9.17, 15) is 18.0 Å². The Bertz CT molecular complexity index is 1210. The number of hydrogen-bond donors (Lipinski definition) is 1. The van der Waals surface area contributed by atoms with E-state index in [0.717, 1.165) is 61.2 Å². The van der Waals surface area contributed by atoms with Crippen LogP contribution >= 0.6 is 0 Å². The highest BCUT2D eigenvalue weighted by Crippen LogP contribution is 2.46. The van der Waals surface area contributed by atoms with Gasteiger partial charge in [-0.1, -0.05) is 55.3 Å². The minimum absolute atomic E-state index is 0.0231. The highest BCUT2D eigenvalue weighted by atomic mass is 19.4. The summed E-state index contributed by atoms with van der Waals surface area (Å²) >= 11 is 0. The molecule has 0 bridgehead atoms. The Morgan fingerprint density at radius 3 is 2.34 bits per heavy atom. The van der Waals surface area contributed by atoms with Crippen molar-refractivity contribution in [2.45, 2.75) is 75.5 Å². The van der Waals surface area contributed by atoms with Crippen LogP contribution in [-0.4, -0.2) is 15.6 Å². The molecule has 0 amide bonds. The predicted molar refractivity (Wildman–Crippen MR) is 130 cm³/mol. The third kappa shape index (κ3) is 4.37. The second-order valence-electron chi connectivity index (χ2n) is 10.6. The molecule has 2 aromatic carbocycles. The number of halogens is 3. The molecule has 0 saturated heterocycles. The van der Waals surface area contributed by atoms with Crippen molar-refractivity contribution in [3.8, 4) is 0 Å². The van der Waals surface area contributed by atoms with E-state index in [4.69, 9.17) is 0 Å². The van der Waals surface area contributed by atoms with Crippen LogP contribution in [-0.2, 0) is 17.1 Å². The number of fused-ring (bicyclic) bond motifs is 1. The molecule has 35 heavy (non-hydrogen) atoms. The number of ketones is 1. The Hall–Kier alpha value is -3.09. The van der Waals surface area contributed by atoms with Crippen LogP contribution < -0.4 is 5.32 Å². The number of benzene rings is 2. The minimum atomic E-state index is -4.37. The van der Waals surface area contributed by atoms with Gasteiger partial charge in [0.25, 0.3) is 0 Å². The van der Waals surface area contributed by atoms with Gasteiger partial charge in [-0.3, -0.25) is 4.79 Å². The number of aromatic nitrogens is 2. The molecule has 2 aliphatic rings. The number of alkyl halides is 3. The van der Waals surface area contributed by atoms with E-state index in [0.29, 0.717) is 5.56 Å². The molecule has 184 valence electrons. The molecular weight excluding hydrogens is 451 g/mol. The summed E-state index contributed by atoms with van der Waals surface area (Å²) in [6.45, 7) is 4.24. The summed E-state index contributed by atoms with van der Waals surface area (Å²) in [7, 11) is 0. The molecule has 0 spiro atoms. The molecule has 0 radical (unpaired) electrons. The van der Waals surface area contributed by atoms with Crippen LogP contribution in [0.4, 0.5) is 19.0 Å². The average molecular weight is 482 g/mol. The van der Waals surface area contributed by atoms with Crippen molar-refractivity contribution in [2.75, 3.05) is 5.32 Å². The van der Waals surface area contributed by atoms with Crippen molar-refractivity contribution in [2.24, 2.45) is 0 Å². The smallest absolute Gasteiger partial charge is 0.363 e. The van der Waals surface area contributed by atoms with Crippen molar-refractivity contribution in [3.05, 3.63) is 83.0 Å². The Morgan fingerprint density at radius 2 is 1.71 bits per heavy atom. The number of nitrogens with zero attached hydrogens (tertiary/aromatic N) is 2. The first kappa shape index (κ1) is 23.6. The maximum absolute atomic E-state index is 13.7. The van der Waals surface area contributed by atoms with Crippen LogP contribution in [0.2, 0.25) is 0 Å². The van der Waals surface area contributed by atoms with Crippen LogP contribution in [0.1, 0.15) is 85.5 Å². The first-order valence-corrected chi connectivity index (χ1v) is 12.2. The molecule has 1 aliphatic heterocycles. The summed E-state index contributed by atoms with van der Waals surface area (Å²) in [6, 6.07) is 15.6. The molecule has 1 aliphatic carbocycles. The van der Waals surface area contributed by atoms with Gasteiger partial charge in [0.15, 0.2) is 5.78 Å². The number of nitrogens with one attached hydrogen (secondary N) is 1. The summed E-state index contributed by atoms with van der Waals surface area (Å²) in [5, 5.41) is 8.13. The molecule has 7 heteroatoms. The minimum Gasteiger partial charge on any atom is -0.363 e. The zero-order chi connectivity index (χ0) is 24.8. The molecule has 1 unspecified atom stereocenters. The fourth-order valence-electron chi connectivity index (χ4n) is 5.87. The van der Waals surface area contributed by atoms with E-state index >= 15 is 0 Å². The molecule has 1 N–H and O–H groups in total. The molecule has 1 aromatic heterocycles. The van der Waals surface area contributed by atoms with E-state index in [1.54, 1.807) is 18.3 Å². The SMILES string of the molecule is CC1(C)CC(c2ccccc2)Nc2c(C(=O)CC3(c4ccc(C(F)(F)F)cc4)CCCC3)cnn21. The predicted octanol–water partition coefficient (Wildman–Crippen LogP) is 7.28. The molecule has 1 saturated carbocycles. The molecule has 5 rings (SSSR count). The third-order valence-electron chi connectivity index (χ3n) is 7.74. The highest BCUT2D eigenvalue weighted by Gasteiger charge is 2.41. The number of carbonyl (C=O) groups excluding carboxylic acids is 1. The van der Waals surface area contributed by atoms with Crippen molar-refractivity contribution >= 4 is 11.6 Å². The normalized spacial score (nSPS) is 20.8. The van der Waals surface area contributed by atoms with Crippen LogP contribution in [0, 0.1) is 0 Å². The molecule has 3 aromatic rings. The molecule has 1 fully saturated rings. The Labute approximate surface area is 203 Å². The van der Waals surface area contributed by atoms with Gasteiger partial charge in [-0.2, -0.15) is 18.3 Å². The largest absolute Gasteiger partial charge is 0.416 e. The van der Waals surface area contributed by atoms with Crippen LogP contribution in [0.15, 0.2) is 60.8 Å². The summed E-state index contributed by atoms with van der Waals surface area (Å²) in [4.78, 5) is 13.7. The number of Topliss-reactive ketones (excluding diaryl/α,β-unsaturated/α-hetero) is 1. The number of anilines is 1. The summed E-state index contributed by atoms with van der Waals surface area (Å²) in [5.41, 5.74) is 1.13. The quantitative estimate of drug-likeness (QED) is 0.390. The zero-order valence-electron chi connectivity index (χ0n) is 20.0. The molecule has 1 atom stereocenters. The fourth-order valence-corrected chi connectivity index (χ4v) is 5.87. The second kappa shape index (κ2) is 8.54. The molecule has 4 nitrogen and oxygen atoms in total. The fraction of sp³-hybridized carbons (Fsp3) is 0.429. The van der Waals surface area contributed by atoms with Gasteiger partial charge < -0.3 is 5.32 Å². The monoisotopic (exact) mass is 481 g/mol. The summed E-state index contributed by atoms with van der Waals surface area (Å²) in [5.74, 6) is 0.700. The molecular formula is C28H30F3N3O. The van der Waals surface area contributed by atoms with Crippen LogP contribution in [0.25, 0.3) is 0 Å². The standard InChI is InChI=1S/C28H30F3N3O/c1-26(2)16-23(19-8-4-3-5-9-19)33-25-22(18-32-34(25)26)24(35)17-27(14-6-7-15-27)20-10-12-21(13-11-20)28(29,30)31/h3-5,8-13,18,23,33H,6-7,14-17H2,1-2H3. The Kier molecular flexibility index (Phi) is 5.77. The van der Waals surface area contributed by atoms with Gasteiger partial charge in [-0.25, -0.2) is 4.68 Å². The lowest BCUT2D eigenvalue weighted by Crippen LogP contribution is -2.38. The third-order valence-corrected chi connectivity index (χ3v) is 7.74. The van der Waals surface area contributed by atoms with E-state index in [-0.39, 0.29) is 23.8 Å². The van der Waals surface area contributed by atoms with Crippen molar-refractivity contribution in [1.29, 1.82) is 0 Å². The van der Waals surface area contributed by atoms with E-state index in [2.05, 4.69) is 36.4 Å². The number of carbonyl (C=O) groups is 1. The van der Waals surface area contributed by atoms with Gasteiger partial charge in [-0.15, -0.1) is 0 Å². The topological polar surface area (TPSA) is 46.9 Å². The lowest BCUT2D eigenvalue weighted by Gasteiger charge is -2.38. The van der Waals surface area contributed by atoms with Gasteiger partial charge in [-0.05, 0) is 56.4 Å². The lowest BCUT2D eigenvalue weighted by molar-refractivity contribution is -0.137. The van der Waals surface area contributed by atoms with Crippen molar-refractivity contribution in [3.63, 3.8) is 0 Å². The van der Waals surface area contributed by atoms with Gasteiger partial charge in [0.1, 0.15) is 5.82 Å². The van der Waals surface area contributed by atoms with Crippen molar-refractivity contribution < 1.29 is 18.0 Å². The second-order valence-corrected chi connectivity index (χ2v) is 10.6. The van der Waals surface area contributed by atoms with Gasteiger partial charge in [0, 0.05) is 11.8 Å². The van der Waals surface area contributed by atoms with Gasteiger partial charge in [0.05, 0.1) is 28.9 Å². The highest BCUT2D eigenvalue weighted by molar-refractivity contribution is 6.01. The summed E-state index contributed by atoms with van der Waals surface area (Å²) in [6.07, 6.45) is 1.86. The zero-order valence-corrected chi connectivity index (χ0v) is 20.0. The lowest BCUT2D eigenvalue weighted by atomic mass is 9.74. The van der Waals surface area contributed by atoms with Crippen molar-refractivity contribution in [1.82, 2.24) is 9.78 Å². The maximum Gasteiger partial charge on any atom is 0.416 e. The van der Waals surface area contributed by atoms with Gasteiger partial charge >= 0.3 is 6.18 Å². The Morgan fingerprint density at radius 1 is 1.06 bits per heavy atom. The molecule has 2 heterocycles. The van der Waals surface area contributed by atoms with Crippen LogP contribution in [0.5, 0.6) is 0 Å². The maximum atomic E-state index is 13.7. The van der Waals surface area contributed by atoms with E-state index in [1.165, 1.54) is 0 Å². The van der Waals surface area contributed by atoms with Gasteiger partial charge in [0.2, 0.25) is 0 Å². The van der Waals surface area contributed by atoms with E-state index < -0.39 is 17.2 Å². The number of hydrogen-bond acceptors (Lipinski definition) is 3. The Balaban J connectivity index is 1.45.